The van der Waals surface area contributed by atoms with Crippen molar-refractivity contribution in [2.75, 3.05) is 0 Å². The summed E-state index contributed by atoms with van der Waals surface area (Å²) in [7, 11) is 0. The van der Waals surface area contributed by atoms with Crippen LogP contribution in [0.5, 0.6) is 0 Å². The number of cyclic esters (lactones) is 1. The summed E-state index contributed by atoms with van der Waals surface area (Å²) in [5.41, 5.74) is 1.65. The van der Waals surface area contributed by atoms with Crippen molar-refractivity contribution in [1.82, 2.24) is 0 Å². The SMILES string of the molecule is C=C1C(=O)O[C@@H](c2ccccc2)[C@]1(CCCC)C1CCCCC1. The van der Waals surface area contributed by atoms with E-state index in [2.05, 4.69) is 25.6 Å². The van der Waals surface area contributed by atoms with Gasteiger partial charge in [-0.2, -0.15) is 0 Å². The quantitative estimate of drug-likeness (QED) is 0.522. The van der Waals surface area contributed by atoms with Crippen molar-refractivity contribution in [3.05, 3.63) is 48.0 Å². The zero-order valence-electron chi connectivity index (χ0n) is 14.2. The lowest BCUT2D eigenvalue weighted by atomic mass is 9.60. The molecular formula is C21H28O2. The van der Waals surface area contributed by atoms with Gasteiger partial charge in [-0.1, -0.05) is 75.9 Å². The molecule has 1 heterocycles. The Bertz CT molecular complexity index is 556. The molecule has 0 radical (unpaired) electrons. The molecule has 2 heteroatoms. The van der Waals surface area contributed by atoms with E-state index in [0.717, 1.165) is 30.4 Å². The summed E-state index contributed by atoms with van der Waals surface area (Å²) < 4.78 is 5.89. The molecule has 0 unspecified atom stereocenters. The van der Waals surface area contributed by atoms with E-state index in [9.17, 15) is 4.79 Å². The van der Waals surface area contributed by atoms with Crippen molar-refractivity contribution in [2.24, 2.45) is 11.3 Å². The van der Waals surface area contributed by atoms with Crippen LogP contribution in [-0.2, 0) is 9.53 Å². The Morgan fingerprint density at radius 2 is 1.87 bits per heavy atom. The molecule has 2 fully saturated rings. The van der Waals surface area contributed by atoms with Gasteiger partial charge in [0.2, 0.25) is 0 Å². The predicted molar refractivity (Wildman–Crippen MR) is 92.9 cm³/mol. The Hall–Kier alpha value is -1.57. The molecule has 0 spiro atoms. The Morgan fingerprint density at radius 1 is 1.17 bits per heavy atom. The van der Waals surface area contributed by atoms with Crippen molar-refractivity contribution in [3.8, 4) is 0 Å². The summed E-state index contributed by atoms with van der Waals surface area (Å²) in [5, 5.41) is 0. The number of esters is 1. The second-order valence-corrected chi connectivity index (χ2v) is 7.15. The minimum absolute atomic E-state index is 0.154. The van der Waals surface area contributed by atoms with Gasteiger partial charge in [0.25, 0.3) is 0 Å². The molecular weight excluding hydrogens is 284 g/mol. The fraction of sp³-hybridized carbons (Fsp3) is 0.571. The molecule has 1 saturated heterocycles. The predicted octanol–water partition coefficient (Wildman–Crippen LogP) is 5.60. The minimum atomic E-state index is -0.200. The normalized spacial score (nSPS) is 28.8. The molecule has 124 valence electrons. The third-order valence-corrected chi connectivity index (χ3v) is 5.88. The zero-order chi connectivity index (χ0) is 16.3. The van der Waals surface area contributed by atoms with Gasteiger partial charge in [-0.25, -0.2) is 4.79 Å². The molecule has 2 nitrogen and oxygen atoms in total. The zero-order valence-corrected chi connectivity index (χ0v) is 14.2. The van der Waals surface area contributed by atoms with E-state index in [4.69, 9.17) is 4.74 Å². The highest BCUT2D eigenvalue weighted by Gasteiger charge is 2.56. The van der Waals surface area contributed by atoms with Crippen LogP contribution in [-0.4, -0.2) is 5.97 Å². The molecule has 2 atom stereocenters. The van der Waals surface area contributed by atoms with Gasteiger partial charge in [0.05, 0.1) is 0 Å². The van der Waals surface area contributed by atoms with Gasteiger partial charge in [-0.05, 0) is 30.7 Å². The van der Waals surface area contributed by atoms with Gasteiger partial charge >= 0.3 is 5.97 Å². The fourth-order valence-electron chi connectivity index (χ4n) is 4.66. The Labute approximate surface area is 139 Å². The van der Waals surface area contributed by atoms with Crippen molar-refractivity contribution in [2.45, 2.75) is 64.4 Å². The smallest absolute Gasteiger partial charge is 0.334 e. The topological polar surface area (TPSA) is 26.3 Å². The molecule has 23 heavy (non-hydrogen) atoms. The summed E-state index contributed by atoms with van der Waals surface area (Å²) >= 11 is 0. The number of benzene rings is 1. The average Bonchev–Trinajstić information content (AvgIpc) is 2.87. The lowest BCUT2D eigenvalue weighted by Crippen LogP contribution is -2.36. The number of carbonyl (C=O) groups is 1. The van der Waals surface area contributed by atoms with E-state index < -0.39 is 0 Å². The van der Waals surface area contributed by atoms with Crippen LogP contribution in [0.4, 0.5) is 0 Å². The maximum Gasteiger partial charge on any atom is 0.334 e. The number of hydrogen-bond acceptors (Lipinski definition) is 2. The molecule has 2 aliphatic rings. The monoisotopic (exact) mass is 312 g/mol. The highest BCUT2D eigenvalue weighted by Crippen LogP contribution is 2.59. The van der Waals surface area contributed by atoms with Crippen molar-refractivity contribution in [3.63, 3.8) is 0 Å². The number of hydrogen-bond donors (Lipinski definition) is 0. The van der Waals surface area contributed by atoms with Gasteiger partial charge in [0.15, 0.2) is 0 Å². The third kappa shape index (κ3) is 2.84. The number of rotatable bonds is 5. The molecule has 0 aromatic heterocycles. The van der Waals surface area contributed by atoms with Crippen molar-refractivity contribution in [1.29, 1.82) is 0 Å². The Kier molecular flexibility index (Phi) is 4.89. The van der Waals surface area contributed by atoms with E-state index in [1.807, 2.05) is 18.2 Å². The Morgan fingerprint density at radius 3 is 2.52 bits per heavy atom. The maximum atomic E-state index is 12.5. The highest BCUT2D eigenvalue weighted by molar-refractivity contribution is 5.92. The molecule has 1 aliphatic heterocycles. The van der Waals surface area contributed by atoms with E-state index in [-0.39, 0.29) is 17.5 Å². The lowest BCUT2D eigenvalue weighted by molar-refractivity contribution is -0.141. The maximum absolute atomic E-state index is 12.5. The first kappa shape index (κ1) is 16.3. The largest absolute Gasteiger partial charge is 0.453 e. The van der Waals surface area contributed by atoms with Gasteiger partial charge in [0, 0.05) is 11.0 Å². The van der Waals surface area contributed by atoms with Gasteiger partial charge in [-0.15, -0.1) is 0 Å². The first-order valence-corrected chi connectivity index (χ1v) is 9.15. The van der Waals surface area contributed by atoms with Crippen LogP contribution in [0.1, 0.15) is 70.0 Å². The van der Waals surface area contributed by atoms with E-state index >= 15 is 0 Å². The minimum Gasteiger partial charge on any atom is -0.453 e. The second-order valence-electron chi connectivity index (χ2n) is 7.15. The molecule has 1 aromatic rings. The van der Waals surface area contributed by atoms with Gasteiger partial charge in [0.1, 0.15) is 6.10 Å². The lowest BCUT2D eigenvalue weighted by Gasteiger charge is -2.42. The van der Waals surface area contributed by atoms with Crippen LogP contribution in [0.15, 0.2) is 42.5 Å². The molecule has 3 rings (SSSR count). The Balaban J connectivity index is 2.03. The van der Waals surface area contributed by atoms with E-state index in [1.165, 1.54) is 32.1 Å². The first-order valence-electron chi connectivity index (χ1n) is 9.15. The number of unbranched alkanes of at least 4 members (excludes halogenated alkanes) is 1. The number of ether oxygens (including phenoxy) is 1. The van der Waals surface area contributed by atoms with Crippen molar-refractivity contribution < 1.29 is 9.53 Å². The molecule has 1 saturated carbocycles. The standard InChI is InChI=1S/C21H28O2/c1-3-4-15-21(18-13-9-6-10-14-18)16(2)20(22)23-19(21)17-11-7-5-8-12-17/h5,7-8,11-12,18-19H,2-4,6,9-10,13-15H2,1H3/t19-,21-/m0/s1. The summed E-state index contributed by atoms with van der Waals surface area (Å²) in [4.78, 5) is 12.5. The van der Waals surface area contributed by atoms with E-state index in [0.29, 0.717) is 5.92 Å². The molecule has 0 bridgehead atoms. The van der Waals surface area contributed by atoms with Crippen LogP contribution in [0.3, 0.4) is 0 Å². The molecule has 1 aromatic carbocycles. The second kappa shape index (κ2) is 6.90. The van der Waals surface area contributed by atoms with Crippen LogP contribution >= 0.6 is 0 Å². The summed E-state index contributed by atoms with van der Waals surface area (Å²) in [5.74, 6) is 0.340. The molecule has 0 amide bonds. The summed E-state index contributed by atoms with van der Waals surface area (Å²) in [6.45, 7) is 6.43. The van der Waals surface area contributed by atoms with Gasteiger partial charge in [-0.3, -0.25) is 0 Å². The van der Waals surface area contributed by atoms with Crippen molar-refractivity contribution >= 4 is 5.97 Å². The fourth-order valence-corrected chi connectivity index (χ4v) is 4.66. The highest BCUT2D eigenvalue weighted by atomic mass is 16.6. The molecule has 1 aliphatic carbocycles. The van der Waals surface area contributed by atoms with Gasteiger partial charge < -0.3 is 4.74 Å². The van der Waals surface area contributed by atoms with Crippen LogP contribution in [0.2, 0.25) is 0 Å². The summed E-state index contributed by atoms with van der Waals surface area (Å²) in [6, 6.07) is 10.3. The average molecular weight is 312 g/mol. The van der Waals surface area contributed by atoms with Crippen LogP contribution in [0.25, 0.3) is 0 Å². The summed E-state index contributed by atoms with van der Waals surface area (Å²) in [6.07, 6.45) is 9.36. The van der Waals surface area contributed by atoms with Crippen LogP contribution in [0, 0.1) is 11.3 Å². The van der Waals surface area contributed by atoms with E-state index in [1.54, 1.807) is 0 Å². The third-order valence-electron chi connectivity index (χ3n) is 5.88. The van der Waals surface area contributed by atoms with Crippen LogP contribution < -0.4 is 0 Å². The first-order chi connectivity index (χ1) is 11.2. The number of carbonyl (C=O) groups excluding carboxylic acids is 1. The molecule has 0 N–H and O–H groups in total.